The van der Waals surface area contributed by atoms with Gasteiger partial charge in [0.25, 0.3) is 0 Å². The maximum Gasteiger partial charge on any atom is 0.339 e. The largest absolute Gasteiger partial charge is 0.490 e. The zero-order chi connectivity index (χ0) is 16.1. The highest BCUT2D eigenvalue weighted by molar-refractivity contribution is 6.31. The summed E-state index contributed by atoms with van der Waals surface area (Å²) < 4.78 is 11.1. The van der Waals surface area contributed by atoms with Crippen molar-refractivity contribution in [3.63, 3.8) is 0 Å². The van der Waals surface area contributed by atoms with Gasteiger partial charge in [-0.25, -0.2) is 4.79 Å². The zero-order valence-corrected chi connectivity index (χ0v) is 13.2. The Labute approximate surface area is 134 Å². The Morgan fingerprint density at radius 1 is 1.05 bits per heavy atom. The minimum absolute atomic E-state index is 0.0410. The summed E-state index contributed by atoms with van der Waals surface area (Å²) in [5, 5.41) is 9.48. The maximum absolute atomic E-state index is 11.1. The minimum Gasteiger partial charge on any atom is -0.490 e. The van der Waals surface area contributed by atoms with Crippen LogP contribution in [0.3, 0.4) is 0 Å². The minimum atomic E-state index is -1.08. The summed E-state index contributed by atoms with van der Waals surface area (Å²) in [5.74, 6) is 0.00701. The normalized spacial score (nSPS) is 10.3. The van der Waals surface area contributed by atoms with E-state index in [2.05, 4.69) is 0 Å². The van der Waals surface area contributed by atoms with Gasteiger partial charge in [0.15, 0.2) is 0 Å². The lowest BCUT2D eigenvalue weighted by Crippen LogP contribution is -2.11. The molecule has 0 aliphatic heterocycles. The molecular formula is C17H17ClO4. The molecule has 0 amide bonds. The maximum atomic E-state index is 11.1. The average Bonchev–Trinajstić information content (AvgIpc) is 2.48. The number of hydrogen-bond acceptors (Lipinski definition) is 3. The van der Waals surface area contributed by atoms with Crippen LogP contribution >= 0.6 is 11.6 Å². The van der Waals surface area contributed by atoms with Gasteiger partial charge < -0.3 is 14.6 Å². The second-order valence-corrected chi connectivity index (χ2v) is 5.35. The molecule has 116 valence electrons. The third-order valence-electron chi connectivity index (χ3n) is 3.11. The fraction of sp³-hybridized carbons (Fsp3) is 0.235. The number of hydrogen-bond donors (Lipinski definition) is 1. The van der Waals surface area contributed by atoms with Crippen LogP contribution in [-0.4, -0.2) is 24.3 Å². The second kappa shape index (κ2) is 7.18. The first kappa shape index (κ1) is 16.2. The smallest absolute Gasteiger partial charge is 0.339 e. The summed E-state index contributed by atoms with van der Waals surface area (Å²) in [6.45, 7) is 4.54. The van der Waals surface area contributed by atoms with Crippen molar-refractivity contribution in [2.75, 3.05) is 13.2 Å². The molecule has 22 heavy (non-hydrogen) atoms. The summed E-state index contributed by atoms with van der Waals surface area (Å²) in [6.07, 6.45) is 0. The lowest BCUT2D eigenvalue weighted by Gasteiger charge is -2.12. The average molecular weight is 321 g/mol. The van der Waals surface area contributed by atoms with Crippen LogP contribution in [0.2, 0.25) is 5.02 Å². The number of carbonyl (C=O) groups is 1. The Morgan fingerprint density at radius 3 is 2.41 bits per heavy atom. The summed E-state index contributed by atoms with van der Waals surface area (Å²) in [5.41, 5.74) is 2.20. The van der Waals surface area contributed by atoms with Crippen LogP contribution in [0.5, 0.6) is 11.5 Å². The van der Waals surface area contributed by atoms with Crippen LogP contribution in [0.25, 0.3) is 0 Å². The van der Waals surface area contributed by atoms with Crippen LogP contribution in [0, 0.1) is 13.8 Å². The lowest BCUT2D eigenvalue weighted by atomic mass is 10.1. The van der Waals surface area contributed by atoms with Gasteiger partial charge in [0, 0.05) is 5.02 Å². The Bertz CT molecular complexity index is 682. The van der Waals surface area contributed by atoms with Gasteiger partial charge in [0.1, 0.15) is 30.3 Å². The fourth-order valence-electron chi connectivity index (χ4n) is 1.96. The fourth-order valence-corrected chi connectivity index (χ4v) is 2.13. The predicted octanol–water partition coefficient (Wildman–Crippen LogP) is 4.11. The molecule has 0 aliphatic rings. The summed E-state index contributed by atoms with van der Waals surface area (Å²) in [4.78, 5) is 11.1. The van der Waals surface area contributed by atoms with Gasteiger partial charge in [0.2, 0.25) is 0 Å². The second-order valence-electron chi connectivity index (χ2n) is 4.91. The Morgan fingerprint density at radius 2 is 1.73 bits per heavy atom. The van der Waals surface area contributed by atoms with Crippen molar-refractivity contribution in [3.8, 4) is 11.5 Å². The number of aryl methyl sites for hydroxylation is 2. The van der Waals surface area contributed by atoms with E-state index >= 15 is 0 Å². The van der Waals surface area contributed by atoms with Gasteiger partial charge in [-0.1, -0.05) is 23.7 Å². The van der Waals surface area contributed by atoms with E-state index in [9.17, 15) is 4.79 Å². The van der Waals surface area contributed by atoms with Crippen molar-refractivity contribution < 1.29 is 19.4 Å². The van der Waals surface area contributed by atoms with Crippen LogP contribution in [0.15, 0.2) is 36.4 Å². The molecule has 2 aromatic carbocycles. The first-order chi connectivity index (χ1) is 10.5. The van der Waals surface area contributed by atoms with E-state index in [0.29, 0.717) is 11.6 Å². The Kier molecular flexibility index (Phi) is 5.28. The van der Waals surface area contributed by atoms with Gasteiger partial charge in [0.05, 0.1) is 0 Å². The molecular weight excluding hydrogens is 304 g/mol. The number of ether oxygens (including phenoxy) is 2. The molecule has 1 N–H and O–H groups in total. The van der Waals surface area contributed by atoms with E-state index in [0.717, 1.165) is 16.9 Å². The summed E-state index contributed by atoms with van der Waals surface area (Å²) in [7, 11) is 0. The highest BCUT2D eigenvalue weighted by atomic mass is 35.5. The topological polar surface area (TPSA) is 55.8 Å². The predicted molar refractivity (Wildman–Crippen MR) is 85.3 cm³/mol. The van der Waals surface area contributed by atoms with Crippen molar-refractivity contribution in [1.82, 2.24) is 0 Å². The number of carboxylic acids is 1. The van der Waals surface area contributed by atoms with Gasteiger partial charge >= 0.3 is 5.97 Å². The Hall–Kier alpha value is -2.20. The molecule has 2 rings (SSSR count). The summed E-state index contributed by atoms with van der Waals surface area (Å²) in [6, 6.07) is 10.5. The molecule has 0 fully saturated rings. The van der Waals surface area contributed by atoms with Crippen LogP contribution in [0.4, 0.5) is 0 Å². The third kappa shape index (κ3) is 4.15. The van der Waals surface area contributed by atoms with E-state index in [1.54, 1.807) is 12.1 Å². The quantitative estimate of drug-likeness (QED) is 0.814. The van der Waals surface area contributed by atoms with Crippen LogP contribution < -0.4 is 9.47 Å². The molecule has 0 saturated heterocycles. The molecule has 4 nitrogen and oxygen atoms in total. The van der Waals surface area contributed by atoms with Gasteiger partial charge in [-0.2, -0.15) is 0 Å². The molecule has 0 unspecified atom stereocenters. The molecule has 0 bridgehead atoms. The first-order valence-corrected chi connectivity index (χ1v) is 7.21. The molecule has 0 spiro atoms. The molecule has 0 saturated carbocycles. The monoisotopic (exact) mass is 320 g/mol. The molecule has 5 heteroatoms. The number of aromatic carboxylic acids is 1. The van der Waals surface area contributed by atoms with Gasteiger partial charge in [-0.05, 0) is 49.2 Å². The highest BCUT2D eigenvalue weighted by Gasteiger charge is 2.12. The van der Waals surface area contributed by atoms with E-state index in [1.165, 1.54) is 6.07 Å². The van der Waals surface area contributed by atoms with Crippen molar-refractivity contribution in [2.45, 2.75) is 13.8 Å². The van der Waals surface area contributed by atoms with Gasteiger partial charge in [-0.3, -0.25) is 0 Å². The number of rotatable bonds is 6. The number of halogens is 1. The molecule has 0 atom stereocenters. The van der Waals surface area contributed by atoms with Crippen molar-refractivity contribution in [1.29, 1.82) is 0 Å². The van der Waals surface area contributed by atoms with E-state index in [-0.39, 0.29) is 17.9 Å². The summed E-state index contributed by atoms with van der Waals surface area (Å²) >= 11 is 5.79. The number of carboxylic acid groups (broad SMARTS) is 1. The SMILES string of the molecule is Cc1ccc(C)c(OCCOc2ccc(Cl)cc2C(=O)O)c1. The molecule has 0 heterocycles. The van der Waals surface area contributed by atoms with Crippen molar-refractivity contribution >= 4 is 17.6 Å². The molecule has 2 aromatic rings. The molecule has 0 aliphatic carbocycles. The van der Waals surface area contributed by atoms with E-state index in [1.807, 2.05) is 32.0 Å². The Balaban J connectivity index is 1.94. The lowest BCUT2D eigenvalue weighted by molar-refractivity contribution is 0.0691. The van der Waals surface area contributed by atoms with E-state index < -0.39 is 5.97 Å². The van der Waals surface area contributed by atoms with Crippen molar-refractivity contribution in [3.05, 3.63) is 58.1 Å². The van der Waals surface area contributed by atoms with E-state index in [4.69, 9.17) is 26.2 Å². The van der Waals surface area contributed by atoms with Crippen molar-refractivity contribution in [2.24, 2.45) is 0 Å². The molecule has 0 radical (unpaired) electrons. The number of benzene rings is 2. The van der Waals surface area contributed by atoms with Gasteiger partial charge in [-0.15, -0.1) is 0 Å². The van der Waals surface area contributed by atoms with Crippen LogP contribution in [-0.2, 0) is 0 Å². The third-order valence-corrected chi connectivity index (χ3v) is 3.35. The van der Waals surface area contributed by atoms with Crippen LogP contribution in [0.1, 0.15) is 21.5 Å². The zero-order valence-electron chi connectivity index (χ0n) is 12.4. The first-order valence-electron chi connectivity index (χ1n) is 6.83. The highest BCUT2D eigenvalue weighted by Crippen LogP contribution is 2.23. The molecule has 0 aromatic heterocycles. The standard InChI is InChI=1S/C17H17ClO4/c1-11-3-4-12(2)16(9-11)22-8-7-21-15-6-5-13(18)10-14(15)17(19)20/h3-6,9-10H,7-8H2,1-2H3,(H,19,20).